The zero-order valence-corrected chi connectivity index (χ0v) is 23.8. The van der Waals surface area contributed by atoms with Gasteiger partial charge in [0, 0.05) is 39.8 Å². The first-order chi connectivity index (χ1) is 20.0. The van der Waals surface area contributed by atoms with Crippen molar-refractivity contribution in [1.29, 1.82) is 0 Å². The molecule has 0 unspecified atom stereocenters. The van der Waals surface area contributed by atoms with Crippen LogP contribution in [0.5, 0.6) is 11.5 Å². The van der Waals surface area contributed by atoms with Crippen molar-refractivity contribution in [3.63, 3.8) is 0 Å². The molecule has 0 saturated carbocycles. The first-order valence-corrected chi connectivity index (χ1v) is 13.0. The Kier molecular flexibility index (Phi) is 11.3. The summed E-state index contributed by atoms with van der Waals surface area (Å²) in [5.41, 5.74) is 1.19. The average Bonchev–Trinajstić information content (AvgIpc) is 2.93. The lowest BCUT2D eigenvalue weighted by Gasteiger charge is -2.44. The second-order valence-corrected chi connectivity index (χ2v) is 9.22. The summed E-state index contributed by atoms with van der Waals surface area (Å²) >= 11 is 0. The highest BCUT2D eigenvalue weighted by atomic mass is 16.7. The fraction of sp³-hybridized carbons (Fsp3) is 0.414. The Balaban J connectivity index is 1.91. The number of rotatable bonds is 11. The van der Waals surface area contributed by atoms with Crippen LogP contribution >= 0.6 is 0 Å². The molecule has 1 amide bonds. The van der Waals surface area contributed by atoms with Gasteiger partial charge in [-0.1, -0.05) is 30.3 Å². The number of ether oxygens (including phenoxy) is 7. The molecule has 42 heavy (non-hydrogen) atoms. The number of hydrogen-bond donors (Lipinski definition) is 1. The molecule has 0 aromatic heterocycles. The maximum absolute atomic E-state index is 12.8. The topological polar surface area (TPSA) is 162 Å². The highest BCUT2D eigenvalue weighted by Crippen LogP contribution is 2.35. The number of carbonyl (C=O) groups is 5. The second kappa shape index (κ2) is 14.8. The molecule has 0 bridgehead atoms. The highest BCUT2D eigenvalue weighted by molar-refractivity contribution is 5.94. The van der Waals surface area contributed by atoms with Gasteiger partial charge in [0.15, 0.2) is 23.7 Å². The fourth-order valence-electron chi connectivity index (χ4n) is 4.20. The summed E-state index contributed by atoms with van der Waals surface area (Å²) in [6, 6.07) is 13.8. The Morgan fingerprint density at radius 3 is 1.98 bits per heavy atom. The highest BCUT2D eigenvalue weighted by Gasteiger charge is 2.53. The van der Waals surface area contributed by atoms with Crippen molar-refractivity contribution in [1.82, 2.24) is 5.32 Å². The third kappa shape index (κ3) is 8.93. The lowest BCUT2D eigenvalue weighted by molar-refractivity contribution is -0.288. The van der Waals surface area contributed by atoms with Crippen molar-refractivity contribution >= 4 is 29.8 Å². The number of hydrogen-bond acceptors (Lipinski definition) is 12. The molecule has 5 atom stereocenters. The van der Waals surface area contributed by atoms with Gasteiger partial charge in [-0.05, 0) is 23.8 Å². The van der Waals surface area contributed by atoms with Crippen LogP contribution < -0.4 is 14.8 Å². The van der Waals surface area contributed by atoms with Gasteiger partial charge in [-0.2, -0.15) is 0 Å². The second-order valence-electron chi connectivity index (χ2n) is 9.22. The Bertz CT molecular complexity index is 1280. The van der Waals surface area contributed by atoms with Crippen LogP contribution in [0.1, 0.15) is 43.6 Å². The summed E-state index contributed by atoms with van der Waals surface area (Å²) in [5, 5.41) is 2.82. The van der Waals surface area contributed by atoms with Gasteiger partial charge in [0.2, 0.25) is 12.4 Å². The Labute approximate surface area is 242 Å². The number of nitrogens with one attached hydrogen (secondary N) is 1. The molecule has 1 N–H and O–H groups in total. The lowest BCUT2D eigenvalue weighted by atomic mass is 9.98. The number of esters is 4. The predicted octanol–water partition coefficient (Wildman–Crippen LogP) is 2.09. The van der Waals surface area contributed by atoms with Crippen LogP contribution in [0, 0.1) is 0 Å². The van der Waals surface area contributed by atoms with E-state index in [0.29, 0.717) is 6.54 Å². The van der Waals surface area contributed by atoms with Crippen molar-refractivity contribution < 1.29 is 57.1 Å². The molecule has 0 radical (unpaired) electrons. The van der Waals surface area contributed by atoms with Crippen LogP contribution in [-0.4, -0.2) is 74.2 Å². The number of benzene rings is 2. The zero-order valence-electron chi connectivity index (χ0n) is 23.8. The molecule has 1 heterocycles. The third-order valence-electron chi connectivity index (χ3n) is 5.91. The van der Waals surface area contributed by atoms with Crippen molar-refractivity contribution in [3.8, 4) is 11.5 Å². The lowest BCUT2D eigenvalue weighted by Crippen LogP contribution is -2.63. The van der Waals surface area contributed by atoms with Crippen LogP contribution in [0.2, 0.25) is 0 Å². The molecule has 3 rings (SSSR count). The molecule has 2 aromatic carbocycles. The number of carbonyl (C=O) groups excluding carboxylic acids is 5. The molecule has 13 heteroatoms. The van der Waals surface area contributed by atoms with Gasteiger partial charge < -0.3 is 38.5 Å². The van der Waals surface area contributed by atoms with E-state index in [1.54, 1.807) is 0 Å². The van der Waals surface area contributed by atoms with E-state index in [2.05, 4.69) is 5.32 Å². The molecule has 0 spiro atoms. The number of methoxy groups -OCH3 is 1. The largest absolute Gasteiger partial charge is 0.493 e. The SMILES string of the molecule is COc1cc(C(=O)NCc2ccccc2)ccc1O[C@@H]1O[C@H](COC(C)=O)[C@@H](OC(C)=O)[C@H](OC(C)=O)[C@@H]1OC(C)=O. The van der Waals surface area contributed by atoms with E-state index in [-0.39, 0.29) is 23.0 Å². The van der Waals surface area contributed by atoms with E-state index in [4.69, 9.17) is 33.2 Å². The van der Waals surface area contributed by atoms with Crippen LogP contribution in [-0.2, 0) is 49.4 Å². The van der Waals surface area contributed by atoms with Crippen molar-refractivity contribution in [2.24, 2.45) is 0 Å². The van der Waals surface area contributed by atoms with Gasteiger partial charge in [-0.3, -0.25) is 24.0 Å². The fourth-order valence-corrected chi connectivity index (χ4v) is 4.20. The minimum absolute atomic E-state index is 0.0815. The summed E-state index contributed by atoms with van der Waals surface area (Å²) in [6.45, 7) is 4.44. The monoisotopic (exact) mass is 587 g/mol. The van der Waals surface area contributed by atoms with E-state index in [0.717, 1.165) is 26.3 Å². The summed E-state index contributed by atoms with van der Waals surface area (Å²) in [6.07, 6.45) is -6.80. The van der Waals surface area contributed by atoms with Crippen LogP contribution in [0.15, 0.2) is 48.5 Å². The first kappa shape index (κ1) is 31.9. The van der Waals surface area contributed by atoms with E-state index in [1.165, 1.54) is 32.2 Å². The van der Waals surface area contributed by atoms with Gasteiger partial charge in [0.25, 0.3) is 5.91 Å². The standard InChI is InChI=1S/C29H33NO12/c1-16(31)37-15-24-25(38-17(2)32)26(39-18(3)33)27(40-19(4)34)29(42-24)41-22-12-11-21(13-23(22)36-5)28(35)30-14-20-9-7-6-8-10-20/h6-13,24-27,29H,14-15H2,1-5H3,(H,30,35)/t24-,25-,26+,27+,29-/m1/s1. The smallest absolute Gasteiger partial charge is 0.303 e. The van der Waals surface area contributed by atoms with Gasteiger partial charge in [-0.15, -0.1) is 0 Å². The van der Waals surface area contributed by atoms with E-state index in [1.807, 2.05) is 30.3 Å². The first-order valence-electron chi connectivity index (χ1n) is 13.0. The Morgan fingerprint density at radius 2 is 1.38 bits per heavy atom. The van der Waals surface area contributed by atoms with Gasteiger partial charge >= 0.3 is 23.9 Å². The van der Waals surface area contributed by atoms with Crippen LogP contribution in [0.25, 0.3) is 0 Å². The average molecular weight is 588 g/mol. The third-order valence-corrected chi connectivity index (χ3v) is 5.91. The van der Waals surface area contributed by atoms with Gasteiger partial charge in [0.05, 0.1) is 7.11 Å². The summed E-state index contributed by atoms with van der Waals surface area (Å²) in [4.78, 5) is 60.3. The van der Waals surface area contributed by atoms with E-state index >= 15 is 0 Å². The molecule has 226 valence electrons. The zero-order chi connectivity index (χ0) is 30.8. The molecule has 0 aliphatic carbocycles. The molecule has 13 nitrogen and oxygen atoms in total. The summed E-state index contributed by atoms with van der Waals surface area (Å²) in [5.74, 6) is -3.09. The summed E-state index contributed by atoms with van der Waals surface area (Å²) in [7, 11) is 1.36. The number of amides is 1. The Morgan fingerprint density at radius 1 is 0.762 bits per heavy atom. The molecule has 1 fully saturated rings. The van der Waals surface area contributed by atoms with E-state index in [9.17, 15) is 24.0 Å². The molecular weight excluding hydrogens is 554 g/mol. The van der Waals surface area contributed by atoms with E-state index < -0.39 is 61.2 Å². The predicted molar refractivity (Wildman–Crippen MR) is 143 cm³/mol. The molecule has 2 aromatic rings. The Hall–Kier alpha value is -4.65. The quantitative estimate of drug-likeness (QED) is 0.301. The minimum Gasteiger partial charge on any atom is -0.493 e. The van der Waals surface area contributed by atoms with Crippen molar-refractivity contribution in [2.45, 2.75) is 64.9 Å². The molecule has 1 saturated heterocycles. The van der Waals surface area contributed by atoms with Crippen LogP contribution in [0.3, 0.4) is 0 Å². The van der Waals surface area contributed by atoms with Crippen molar-refractivity contribution in [2.75, 3.05) is 13.7 Å². The van der Waals surface area contributed by atoms with Crippen LogP contribution in [0.4, 0.5) is 0 Å². The maximum Gasteiger partial charge on any atom is 0.303 e. The molecular formula is C29H33NO12. The molecule has 1 aliphatic heterocycles. The molecule has 1 aliphatic rings. The van der Waals surface area contributed by atoms with Crippen molar-refractivity contribution in [3.05, 3.63) is 59.7 Å². The maximum atomic E-state index is 12.8. The minimum atomic E-state index is -1.46. The summed E-state index contributed by atoms with van der Waals surface area (Å²) < 4.78 is 38.7. The normalized spacial score (nSPS) is 21.3. The van der Waals surface area contributed by atoms with Gasteiger partial charge in [-0.25, -0.2) is 0 Å². The van der Waals surface area contributed by atoms with Gasteiger partial charge in [0.1, 0.15) is 12.7 Å².